The molecule has 23 rings (SSSR count). The number of nitrogens with zero attached hydrogens (tertiary/aromatic N) is 6. The fraction of sp³-hybridized carbons (Fsp3) is 0.126. The fourth-order valence-electron chi connectivity index (χ4n) is 19.6. The third kappa shape index (κ3) is 16.0. The molecule has 0 radical (unpaired) electrons. The van der Waals surface area contributed by atoms with Gasteiger partial charge in [-0.05, 0) is 241 Å². The van der Waals surface area contributed by atoms with Crippen LogP contribution in [0.2, 0.25) is 0 Å². The Morgan fingerprint density at radius 3 is 0.806 bits per heavy atom. The van der Waals surface area contributed by atoms with Gasteiger partial charge in [-0.2, -0.15) is 0 Å². The molecule has 650 valence electrons. The fourth-order valence-corrected chi connectivity index (χ4v) is 19.6. The van der Waals surface area contributed by atoms with Crippen LogP contribution < -0.4 is 9.64 Å². The summed E-state index contributed by atoms with van der Waals surface area (Å²) >= 11 is 0. The summed E-state index contributed by atoms with van der Waals surface area (Å²) in [6.07, 6.45) is 0. The second-order valence-electron chi connectivity index (χ2n) is 39.5. The summed E-state index contributed by atoms with van der Waals surface area (Å²) in [4.78, 5) is 16.7. The van der Waals surface area contributed by atoms with Crippen LogP contribution in [-0.4, -0.2) is 24.1 Å². The standard InChI is InChI=1S/C58H60.C36H24N2.C33H22N4O/c1-55(2,3)41-27-23-39(24-28-41)49-45-33-31-43(57(7,8)9)35-47(45)52(38-21-17-14-18-22-38)54-50(40-25-29-42(30-26-40)56(4,5)6)46-34-32-44(58(10,11)12)36-48(46)51(53(49)54)37-19-15-13-16-20-37;1-5-19-33-29(15-1)30-16-2-6-20-34(30)37(33)27-13-9-11-25(23-27)26-12-10-14-28(24-26)38-35-21-7-3-17-31(35)32-18-4-8-22-36(32)38;1-3-11-23(12-4-1)31-34-32(24-13-5-2-6-14-24)36-33(35-31)25-19-21-26(22-20-25)37-27-15-7-9-17-29(27)38-30-18-10-8-16-28(30)37/h13-36H,1-12H3;1-24H;1-22H. The van der Waals surface area contributed by atoms with Gasteiger partial charge < -0.3 is 18.8 Å². The summed E-state index contributed by atoms with van der Waals surface area (Å²) in [5, 5.41) is 12.9. The van der Waals surface area contributed by atoms with Crippen molar-refractivity contribution in [1.29, 1.82) is 0 Å². The summed E-state index contributed by atoms with van der Waals surface area (Å²) in [6, 6.07) is 153. The molecule has 1 aliphatic heterocycles. The minimum absolute atomic E-state index is 0.0286. The lowest BCUT2D eigenvalue weighted by Gasteiger charge is -2.32. The van der Waals surface area contributed by atoms with Crippen LogP contribution in [0.4, 0.5) is 17.1 Å². The zero-order chi connectivity index (χ0) is 91.7. The number of anilines is 3. The molecule has 1 aliphatic rings. The maximum Gasteiger partial charge on any atom is 0.164 e. The predicted octanol–water partition coefficient (Wildman–Crippen LogP) is 35.0. The van der Waals surface area contributed by atoms with E-state index in [-0.39, 0.29) is 21.7 Å². The quantitative estimate of drug-likeness (QED) is 0.121. The van der Waals surface area contributed by atoms with E-state index in [0.717, 1.165) is 45.3 Å². The molecular formula is C127H106N6O. The van der Waals surface area contributed by atoms with E-state index < -0.39 is 0 Å². The highest BCUT2D eigenvalue weighted by Gasteiger charge is 2.32. The molecule has 134 heavy (non-hydrogen) atoms. The van der Waals surface area contributed by atoms with Crippen molar-refractivity contribution in [2.75, 3.05) is 4.90 Å². The highest BCUT2D eigenvalue weighted by molar-refractivity contribution is 6.34. The van der Waals surface area contributed by atoms with Crippen LogP contribution in [0.25, 0.3) is 177 Å². The first-order chi connectivity index (χ1) is 65.0. The van der Waals surface area contributed by atoms with E-state index in [0.29, 0.717) is 17.5 Å². The van der Waals surface area contributed by atoms with Gasteiger partial charge >= 0.3 is 0 Å². The van der Waals surface area contributed by atoms with Crippen molar-refractivity contribution in [3.05, 3.63) is 447 Å². The molecule has 0 amide bonds. The molecule has 4 heterocycles. The minimum atomic E-state index is -0.0286. The van der Waals surface area contributed by atoms with Crippen molar-refractivity contribution in [1.82, 2.24) is 24.1 Å². The van der Waals surface area contributed by atoms with Gasteiger partial charge in [0.1, 0.15) is 0 Å². The van der Waals surface area contributed by atoms with Gasteiger partial charge in [0.2, 0.25) is 0 Å². The molecular weight excluding hydrogens is 1630 g/mol. The van der Waals surface area contributed by atoms with Gasteiger partial charge in [0, 0.05) is 55.3 Å². The zero-order valence-electron chi connectivity index (χ0n) is 78.0. The maximum atomic E-state index is 6.16. The number of ether oxygens (including phenoxy) is 1. The SMILES string of the molecule is CC(C)(C)c1ccc(-c2c3ccc(C(C)(C)C)cc3c(-c3ccccc3)c3c(-c4ccc(C(C)(C)C)cc4)c4ccc(C(C)(C)C)cc4c(-c4ccccc4)c23)cc1.c1cc(-c2cccc(-n3c4ccccc4c4ccccc43)c2)cc(-n2c3ccccc3c3ccccc32)c1.c1ccc(-c2nc(-c3ccccc3)nc(-c3ccc(N4c5ccccc5Oc5ccccc54)cc3)n2)cc1. The molecule has 0 saturated carbocycles. The van der Waals surface area contributed by atoms with Crippen LogP contribution in [0.1, 0.15) is 105 Å². The normalized spacial score (nSPS) is 12.2. The summed E-state index contributed by atoms with van der Waals surface area (Å²) in [7, 11) is 0. The highest BCUT2D eigenvalue weighted by Crippen LogP contribution is 2.56. The third-order valence-corrected chi connectivity index (χ3v) is 26.5. The maximum absolute atomic E-state index is 6.16. The summed E-state index contributed by atoms with van der Waals surface area (Å²) in [6.45, 7) is 27.8. The van der Waals surface area contributed by atoms with Gasteiger partial charge in [0.15, 0.2) is 29.0 Å². The van der Waals surface area contributed by atoms with Gasteiger partial charge in [0.25, 0.3) is 0 Å². The molecule has 0 N–H and O–H groups in total. The monoisotopic (exact) mass is 1730 g/mol. The predicted molar refractivity (Wildman–Crippen MR) is 567 cm³/mol. The van der Waals surface area contributed by atoms with E-state index >= 15 is 0 Å². The lowest BCUT2D eigenvalue weighted by Crippen LogP contribution is -2.15. The minimum Gasteiger partial charge on any atom is -0.453 e. The first kappa shape index (κ1) is 85.0. The lowest BCUT2D eigenvalue weighted by molar-refractivity contribution is 0.477. The van der Waals surface area contributed by atoms with Gasteiger partial charge in [-0.25, -0.2) is 15.0 Å². The Bertz CT molecular complexity index is 7630. The Hall–Kier alpha value is -15.8. The van der Waals surface area contributed by atoms with Crippen LogP contribution in [0.5, 0.6) is 11.5 Å². The molecule has 7 heteroatoms. The van der Waals surface area contributed by atoms with E-state index in [2.05, 4.69) is 425 Å². The largest absolute Gasteiger partial charge is 0.453 e. The molecule has 0 aliphatic carbocycles. The summed E-state index contributed by atoms with van der Waals surface area (Å²) in [5.41, 5.74) is 31.0. The molecule has 3 aromatic heterocycles. The van der Waals surface area contributed by atoms with Crippen molar-refractivity contribution in [3.63, 3.8) is 0 Å². The Morgan fingerprint density at radius 2 is 0.463 bits per heavy atom. The van der Waals surface area contributed by atoms with Crippen molar-refractivity contribution in [3.8, 4) is 113 Å². The van der Waals surface area contributed by atoms with Crippen molar-refractivity contribution >= 4 is 93.0 Å². The van der Waals surface area contributed by atoms with E-state index in [1.807, 2.05) is 97.1 Å². The van der Waals surface area contributed by atoms with E-state index in [1.54, 1.807) is 0 Å². The average molecular weight is 1730 g/mol. The number of hydrogen-bond acceptors (Lipinski definition) is 5. The van der Waals surface area contributed by atoms with Crippen LogP contribution >= 0.6 is 0 Å². The first-order valence-electron chi connectivity index (χ1n) is 46.7. The van der Waals surface area contributed by atoms with Crippen LogP contribution in [0.3, 0.4) is 0 Å². The number of benzene rings is 19. The molecule has 0 spiro atoms. The van der Waals surface area contributed by atoms with Crippen molar-refractivity contribution in [2.24, 2.45) is 0 Å². The summed E-state index contributed by atoms with van der Waals surface area (Å²) < 4.78 is 10.9. The second kappa shape index (κ2) is 34.5. The topological polar surface area (TPSA) is 61.0 Å². The molecule has 0 atom stereocenters. The van der Waals surface area contributed by atoms with Crippen LogP contribution in [0, 0.1) is 0 Å². The zero-order valence-corrected chi connectivity index (χ0v) is 78.0. The third-order valence-electron chi connectivity index (χ3n) is 26.5. The Morgan fingerprint density at radius 1 is 0.194 bits per heavy atom. The first-order valence-corrected chi connectivity index (χ1v) is 46.7. The van der Waals surface area contributed by atoms with Crippen molar-refractivity contribution in [2.45, 2.75) is 105 Å². The molecule has 22 aromatic rings. The van der Waals surface area contributed by atoms with Crippen molar-refractivity contribution < 1.29 is 4.74 Å². The molecule has 0 bridgehead atoms. The van der Waals surface area contributed by atoms with Crippen LogP contribution in [-0.2, 0) is 21.7 Å². The number of para-hydroxylation sites is 8. The Labute approximate surface area is 785 Å². The van der Waals surface area contributed by atoms with E-state index in [9.17, 15) is 0 Å². The van der Waals surface area contributed by atoms with Gasteiger partial charge in [-0.3, -0.25) is 0 Å². The van der Waals surface area contributed by atoms with E-state index in [1.165, 1.54) is 165 Å². The number of fused-ring (bicyclic) bond motifs is 11. The molecule has 0 saturated heterocycles. The number of rotatable bonds is 11. The van der Waals surface area contributed by atoms with Gasteiger partial charge in [-0.15, -0.1) is 0 Å². The molecule has 0 fully saturated rings. The Balaban J connectivity index is 0.000000125. The van der Waals surface area contributed by atoms with Crippen LogP contribution in [0.15, 0.2) is 425 Å². The number of aromatic nitrogens is 5. The van der Waals surface area contributed by atoms with E-state index in [4.69, 9.17) is 19.7 Å². The van der Waals surface area contributed by atoms with Gasteiger partial charge in [-0.1, -0.05) is 399 Å². The Kier molecular flexibility index (Phi) is 21.9. The molecule has 19 aromatic carbocycles. The lowest BCUT2D eigenvalue weighted by atomic mass is 9.75. The van der Waals surface area contributed by atoms with Gasteiger partial charge in [0.05, 0.1) is 33.4 Å². The summed E-state index contributed by atoms with van der Waals surface area (Å²) in [5.74, 6) is 3.58. The average Bonchev–Trinajstić information content (AvgIpc) is 0.930. The molecule has 7 nitrogen and oxygen atoms in total. The smallest absolute Gasteiger partial charge is 0.164 e. The second-order valence-corrected chi connectivity index (χ2v) is 39.5. The highest BCUT2D eigenvalue weighted by atomic mass is 16.5. The number of hydrogen-bond donors (Lipinski definition) is 0. The molecule has 0 unspecified atom stereocenters.